The first kappa shape index (κ1) is 12.0. The van der Waals surface area contributed by atoms with Crippen molar-refractivity contribution in [2.24, 2.45) is 5.92 Å². The van der Waals surface area contributed by atoms with Gasteiger partial charge in [-0.2, -0.15) is 0 Å². The molecule has 0 spiro atoms. The van der Waals surface area contributed by atoms with E-state index in [0.717, 1.165) is 12.1 Å². The minimum Gasteiger partial charge on any atom is -0.316 e. The molecule has 0 aromatic heterocycles. The number of rotatable bonds is 4. The Labute approximate surface area is 81.9 Å². The van der Waals surface area contributed by atoms with E-state index in [1.54, 1.807) is 0 Å². The van der Waals surface area contributed by atoms with Crippen LogP contribution in [0.3, 0.4) is 0 Å². The van der Waals surface area contributed by atoms with Crippen LogP contribution in [0.25, 0.3) is 0 Å². The van der Waals surface area contributed by atoms with Crippen LogP contribution >= 0.6 is 0 Å². The molecule has 0 saturated carbocycles. The zero-order valence-corrected chi connectivity index (χ0v) is 9.02. The highest BCUT2D eigenvalue weighted by Crippen LogP contribution is 2.15. The van der Waals surface area contributed by atoms with Crippen molar-refractivity contribution in [1.82, 2.24) is 5.32 Å². The van der Waals surface area contributed by atoms with Crippen LogP contribution in [0, 0.1) is 18.3 Å². The molecule has 0 aromatic rings. The number of hydrogen-bond donors (Lipinski definition) is 1. The minimum atomic E-state index is 0.350. The molecule has 1 unspecified atom stereocenters. The van der Waals surface area contributed by atoms with Gasteiger partial charge in [-0.1, -0.05) is 25.0 Å². The Morgan fingerprint density at radius 3 is 2.62 bits per heavy atom. The third kappa shape index (κ3) is 3.96. The lowest BCUT2D eigenvalue weighted by Gasteiger charge is -2.10. The summed E-state index contributed by atoms with van der Waals surface area (Å²) in [6.45, 7) is 7.07. The highest BCUT2D eigenvalue weighted by atomic mass is 14.8. The van der Waals surface area contributed by atoms with E-state index in [-0.39, 0.29) is 0 Å². The van der Waals surface area contributed by atoms with Gasteiger partial charge in [0.1, 0.15) is 0 Å². The number of likely N-dealkylation sites (N-methyl/N-ethyl adjacent to an activating group) is 1. The highest BCUT2D eigenvalue weighted by Gasteiger charge is 2.05. The largest absolute Gasteiger partial charge is 0.316 e. The number of hydrogen-bond acceptors (Lipinski definition) is 1. The summed E-state index contributed by atoms with van der Waals surface area (Å²) in [5.41, 5.74) is 2.34. The molecule has 0 aliphatic heterocycles. The molecule has 0 heterocycles. The first-order chi connectivity index (χ1) is 6.17. The van der Waals surface area contributed by atoms with Gasteiger partial charge in [-0.05, 0) is 26.5 Å². The fourth-order valence-electron chi connectivity index (χ4n) is 1.39. The summed E-state index contributed by atoms with van der Waals surface area (Å²) in [6.07, 6.45) is 9.62. The molecule has 72 valence electrons. The summed E-state index contributed by atoms with van der Waals surface area (Å²) in [6, 6.07) is 0. The lowest BCUT2D eigenvalue weighted by atomic mass is 9.96. The Bertz CT molecular complexity index is 240. The third-order valence-corrected chi connectivity index (χ3v) is 1.99. The van der Waals surface area contributed by atoms with Crippen LogP contribution in [-0.2, 0) is 0 Å². The molecule has 0 fully saturated rings. The third-order valence-electron chi connectivity index (χ3n) is 1.99. The summed E-state index contributed by atoms with van der Waals surface area (Å²) < 4.78 is 0. The Kier molecular flexibility index (Phi) is 6.01. The van der Waals surface area contributed by atoms with Crippen molar-refractivity contribution in [2.45, 2.75) is 20.8 Å². The van der Waals surface area contributed by atoms with E-state index >= 15 is 0 Å². The lowest BCUT2D eigenvalue weighted by molar-refractivity contribution is 0.825. The van der Waals surface area contributed by atoms with Crippen LogP contribution in [0.2, 0.25) is 0 Å². The molecular weight excluding hydrogens is 158 g/mol. The summed E-state index contributed by atoms with van der Waals surface area (Å²) in [7, 11) is 1.93. The SMILES string of the molecule is C#C/C(=C(\C)CNC)C(C)/C=C\C. The van der Waals surface area contributed by atoms with Gasteiger partial charge in [0.2, 0.25) is 0 Å². The molecule has 0 rings (SSSR count). The average Bonchev–Trinajstić information content (AvgIpc) is 2.06. The minimum absolute atomic E-state index is 0.350. The van der Waals surface area contributed by atoms with Crippen LogP contribution in [0.4, 0.5) is 0 Å². The second-order valence-electron chi connectivity index (χ2n) is 3.18. The number of nitrogens with one attached hydrogen (secondary N) is 1. The molecule has 13 heavy (non-hydrogen) atoms. The van der Waals surface area contributed by atoms with Crippen LogP contribution in [0.5, 0.6) is 0 Å². The van der Waals surface area contributed by atoms with Crippen molar-refractivity contribution in [3.8, 4) is 12.3 Å². The zero-order chi connectivity index (χ0) is 10.3. The number of allylic oxidation sites excluding steroid dienone is 3. The second-order valence-corrected chi connectivity index (χ2v) is 3.18. The monoisotopic (exact) mass is 177 g/mol. The van der Waals surface area contributed by atoms with Crippen molar-refractivity contribution >= 4 is 0 Å². The molecule has 0 bridgehead atoms. The highest BCUT2D eigenvalue weighted by molar-refractivity contribution is 5.35. The summed E-state index contributed by atoms with van der Waals surface area (Å²) in [5, 5.41) is 3.10. The van der Waals surface area contributed by atoms with Crippen molar-refractivity contribution in [3.63, 3.8) is 0 Å². The van der Waals surface area contributed by atoms with Crippen LogP contribution in [-0.4, -0.2) is 13.6 Å². The predicted octanol–water partition coefficient (Wildman–Crippen LogP) is 2.37. The summed E-state index contributed by atoms with van der Waals surface area (Å²) in [5.74, 6) is 3.11. The van der Waals surface area contributed by atoms with E-state index < -0.39 is 0 Å². The molecule has 0 aliphatic rings. The van der Waals surface area contributed by atoms with Gasteiger partial charge >= 0.3 is 0 Å². The first-order valence-electron chi connectivity index (χ1n) is 4.61. The zero-order valence-electron chi connectivity index (χ0n) is 9.02. The van der Waals surface area contributed by atoms with Gasteiger partial charge in [0.05, 0.1) is 0 Å². The predicted molar refractivity (Wildman–Crippen MR) is 59.4 cm³/mol. The van der Waals surface area contributed by atoms with Gasteiger partial charge in [-0.25, -0.2) is 0 Å². The maximum Gasteiger partial charge on any atom is 0.0171 e. The Hall–Kier alpha value is -1.00. The molecule has 1 atom stereocenters. The van der Waals surface area contributed by atoms with E-state index in [1.165, 1.54) is 5.57 Å². The molecule has 0 aliphatic carbocycles. The fraction of sp³-hybridized carbons (Fsp3) is 0.500. The fourth-order valence-corrected chi connectivity index (χ4v) is 1.39. The smallest absolute Gasteiger partial charge is 0.0171 e. The molecule has 1 N–H and O–H groups in total. The van der Waals surface area contributed by atoms with E-state index in [0.29, 0.717) is 5.92 Å². The van der Waals surface area contributed by atoms with Gasteiger partial charge in [0.25, 0.3) is 0 Å². The van der Waals surface area contributed by atoms with Crippen LogP contribution in [0.15, 0.2) is 23.3 Å². The molecule has 1 nitrogen and oxygen atoms in total. The average molecular weight is 177 g/mol. The quantitative estimate of drug-likeness (QED) is 0.513. The molecule has 0 radical (unpaired) electrons. The Morgan fingerprint density at radius 2 is 2.23 bits per heavy atom. The normalized spacial score (nSPS) is 15.3. The maximum absolute atomic E-state index is 5.47. The van der Waals surface area contributed by atoms with Gasteiger partial charge in [-0.15, -0.1) is 6.42 Å². The van der Waals surface area contributed by atoms with E-state index in [1.807, 2.05) is 20.0 Å². The van der Waals surface area contributed by atoms with Gasteiger partial charge in [-0.3, -0.25) is 0 Å². The van der Waals surface area contributed by atoms with E-state index in [4.69, 9.17) is 6.42 Å². The van der Waals surface area contributed by atoms with E-state index in [2.05, 4.69) is 31.2 Å². The van der Waals surface area contributed by atoms with Gasteiger partial charge < -0.3 is 5.32 Å². The van der Waals surface area contributed by atoms with Crippen LogP contribution < -0.4 is 5.32 Å². The number of terminal acetylenes is 1. The Balaban J connectivity index is 4.68. The first-order valence-corrected chi connectivity index (χ1v) is 4.61. The molecular formula is C12H19N. The molecule has 0 saturated heterocycles. The van der Waals surface area contributed by atoms with Crippen molar-refractivity contribution in [3.05, 3.63) is 23.3 Å². The second kappa shape index (κ2) is 6.51. The van der Waals surface area contributed by atoms with Crippen LogP contribution in [0.1, 0.15) is 20.8 Å². The standard InChI is InChI=1S/C12H19N/c1-6-8-10(3)12(7-2)11(4)9-13-5/h2,6,8,10,13H,9H2,1,3-5H3/b8-6-,12-11-. The van der Waals surface area contributed by atoms with Crippen molar-refractivity contribution in [2.75, 3.05) is 13.6 Å². The molecule has 1 heteroatoms. The summed E-state index contributed by atoms with van der Waals surface area (Å²) >= 11 is 0. The topological polar surface area (TPSA) is 12.0 Å². The summed E-state index contributed by atoms with van der Waals surface area (Å²) in [4.78, 5) is 0. The maximum atomic E-state index is 5.47. The van der Waals surface area contributed by atoms with Crippen molar-refractivity contribution < 1.29 is 0 Å². The van der Waals surface area contributed by atoms with Gasteiger partial charge in [0, 0.05) is 18.0 Å². The van der Waals surface area contributed by atoms with Crippen molar-refractivity contribution in [1.29, 1.82) is 0 Å². The lowest BCUT2D eigenvalue weighted by Crippen LogP contribution is -2.12. The van der Waals surface area contributed by atoms with Gasteiger partial charge in [0.15, 0.2) is 0 Å². The molecule has 0 amide bonds. The van der Waals surface area contributed by atoms with E-state index in [9.17, 15) is 0 Å². The Morgan fingerprint density at radius 1 is 1.62 bits per heavy atom. The molecule has 0 aromatic carbocycles.